The van der Waals surface area contributed by atoms with E-state index < -0.39 is 4.92 Å². The minimum Gasteiger partial charge on any atom is -0.304 e. The molecular weight excluding hydrogens is 414 g/mol. The molecule has 0 aliphatic carbocycles. The van der Waals surface area contributed by atoms with Crippen molar-refractivity contribution in [2.45, 2.75) is 6.54 Å². The number of halogens is 1. The summed E-state index contributed by atoms with van der Waals surface area (Å²) < 4.78 is 3.24. The second-order valence-corrected chi connectivity index (χ2v) is 8.08. The molecule has 6 nitrogen and oxygen atoms in total. The zero-order valence-electron chi connectivity index (χ0n) is 11.9. The molecule has 120 valence electrons. The summed E-state index contributed by atoms with van der Waals surface area (Å²) in [5, 5.41) is 11.0. The van der Waals surface area contributed by atoms with Crippen molar-refractivity contribution in [3.8, 4) is 12.3 Å². The highest BCUT2D eigenvalue weighted by Gasteiger charge is 2.13. The molecule has 0 radical (unpaired) electrons. The van der Waals surface area contributed by atoms with Gasteiger partial charge in [-0.25, -0.2) is 0 Å². The van der Waals surface area contributed by atoms with Crippen LogP contribution in [0.15, 0.2) is 39.1 Å². The summed E-state index contributed by atoms with van der Waals surface area (Å²) in [6, 6.07) is 7.95. The molecule has 0 N–H and O–H groups in total. The molecule has 0 atom stereocenters. The predicted octanol–water partition coefficient (Wildman–Crippen LogP) is 3.81. The molecule has 0 spiro atoms. The lowest BCUT2D eigenvalue weighted by Gasteiger charge is -1.99. The summed E-state index contributed by atoms with van der Waals surface area (Å²) in [6.45, 7) is 0.168. The van der Waals surface area contributed by atoms with Gasteiger partial charge in [-0.05, 0) is 34.1 Å². The number of carbonyl (C=O) groups excluding carboxylic acids is 1. The topological polar surface area (TPSA) is 77.5 Å². The van der Waals surface area contributed by atoms with Gasteiger partial charge < -0.3 is 4.57 Å². The Hall–Kier alpha value is -2.28. The minimum absolute atomic E-state index is 0.0360. The molecule has 0 saturated heterocycles. The van der Waals surface area contributed by atoms with Gasteiger partial charge >= 0.3 is 0 Å². The molecule has 2 aromatic heterocycles. The molecule has 24 heavy (non-hydrogen) atoms. The number of aromatic nitrogens is 1. The first-order valence-electron chi connectivity index (χ1n) is 6.55. The Morgan fingerprint density at radius 1 is 1.38 bits per heavy atom. The van der Waals surface area contributed by atoms with Crippen molar-refractivity contribution in [1.82, 2.24) is 4.57 Å². The summed E-state index contributed by atoms with van der Waals surface area (Å²) in [7, 11) is 0. The van der Waals surface area contributed by atoms with E-state index in [-0.39, 0.29) is 18.1 Å². The molecule has 3 aromatic rings. The highest BCUT2D eigenvalue weighted by molar-refractivity contribution is 9.11. The highest BCUT2D eigenvalue weighted by Crippen LogP contribution is 2.24. The number of carbonyl (C=O) groups is 1. The number of rotatable bonds is 3. The van der Waals surface area contributed by atoms with Crippen molar-refractivity contribution in [3.05, 3.63) is 53.9 Å². The Bertz CT molecular complexity index is 1070. The number of thiazole rings is 1. The van der Waals surface area contributed by atoms with Gasteiger partial charge in [-0.15, -0.1) is 17.8 Å². The number of nitro benzene ring substituents is 1. The van der Waals surface area contributed by atoms with Crippen LogP contribution < -0.4 is 4.80 Å². The van der Waals surface area contributed by atoms with Crippen LogP contribution in [-0.4, -0.2) is 15.4 Å². The number of terminal acetylenes is 1. The molecule has 1 amide bonds. The molecule has 0 aliphatic heterocycles. The van der Waals surface area contributed by atoms with Crippen LogP contribution in [-0.2, 0) is 6.54 Å². The monoisotopic (exact) mass is 421 g/mol. The van der Waals surface area contributed by atoms with Crippen molar-refractivity contribution in [2.24, 2.45) is 4.99 Å². The smallest absolute Gasteiger partial charge is 0.289 e. The molecular formula is C15H8BrN3O3S2. The van der Waals surface area contributed by atoms with E-state index in [4.69, 9.17) is 6.42 Å². The summed E-state index contributed by atoms with van der Waals surface area (Å²) >= 11 is 5.86. The number of non-ortho nitro benzene ring substituents is 1. The van der Waals surface area contributed by atoms with E-state index in [1.807, 2.05) is 0 Å². The van der Waals surface area contributed by atoms with Crippen molar-refractivity contribution < 1.29 is 9.72 Å². The van der Waals surface area contributed by atoms with E-state index in [0.717, 1.165) is 8.49 Å². The van der Waals surface area contributed by atoms with E-state index >= 15 is 0 Å². The van der Waals surface area contributed by atoms with Crippen molar-refractivity contribution in [2.75, 3.05) is 0 Å². The fourth-order valence-electron chi connectivity index (χ4n) is 2.07. The average molecular weight is 422 g/mol. The van der Waals surface area contributed by atoms with Crippen molar-refractivity contribution in [1.29, 1.82) is 0 Å². The summed E-state index contributed by atoms with van der Waals surface area (Å²) in [4.78, 5) is 27.8. The Labute approximate surface area is 152 Å². The van der Waals surface area contributed by atoms with E-state index in [1.165, 1.54) is 34.8 Å². The van der Waals surface area contributed by atoms with Crippen LogP contribution in [0.25, 0.3) is 10.2 Å². The zero-order valence-corrected chi connectivity index (χ0v) is 15.2. The quantitative estimate of drug-likeness (QED) is 0.366. The molecule has 0 saturated carbocycles. The second-order valence-electron chi connectivity index (χ2n) is 4.60. The molecule has 1 aromatic carbocycles. The maximum atomic E-state index is 12.3. The first-order chi connectivity index (χ1) is 11.5. The van der Waals surface area contributed by atoms with Gasteiger partial charge in [-0.1, -0.05) is 17.3 Å². The van der Waals surface area contributed by atoms with Crippen LogP contribution >= 0.6 is 38.6 Å². The van der Waals surface area contributed by atoms with Gasteiger partial charge in [0.25, 0.3) is 11.6 Å². The fraction of sp³-hybridized carbons (Fsp3) is 0.0667. The number of thiophene rings is 1. The molecule has 0 fully saturated rings. The van der Waals surface area contributed by atoms with E-state index in [1.54, 1.807) is 22.8 Å². The maximum Gasteiger partial charge on any atom is 0.289 e. The SMILES string of the molecule is C#CCn1c(=NC(=O)c2ccc(Br)s2)sc2ccc([N+](=O)[O-])cc21. The molecule has 0 bridgehead atoms. The van der Waals surface area contributed by atoms with Gasteiger partial charge in [0.15, 0.2) is 4.80 Å². The second kappa shape index (κ2) is 6.68. The lowest BCUT2D eigenvalue weighted by molar-refractivity contribution is -0.384. The number of nitrogens with zero attached hydrogens (tertiary/aromatic N) is 3. The standard InChI is InChI=1S/C15H8BrN3O3S2/c1-2-7-18-10-8-9(19(21)22)3-4-11(10)24-15(18)17-14(20)12-5-6-13(16)23-12/h1,3-6,8H,7H2. The average Bonchev–Trinajstić information content (AvgIpc) is 3.12. The van der Waals surface area contributed by atoms with E-state index in [9.17, 15) is 14.9 Å². The fourth-order valence-corrected chi connectivity index (χ4v) is 4.35. The van der Waals surface area contributed by atoms with Gasteiger partial charge in [-0.3, -0.25) is 14.9 Å². The lowest BCUT2D eigenvalue weighted by Crippen LogP contribution is -2.16. The van der Waals surface area contributed by atoms with E-state index in [2.05, 4.69) is 26.8 Å². The summed E-state index contributed by atoms with van der Waals surface area (Å²) in [5.74, 6) is 2.11. The van der Waals surface area contributed by atoms with Crippen LogP contribution in [0.5, 0.6) is 0 Å². The maximum absolute atomic E-state index is 12.3. The number of benzene rings is 1. The number of amides is 1. The van der Waals surface area contributed by atoms with E-state index in [0.29, 0.717) is 15.2 Å². The molecule has 2 heterocycles. The van der Waals surface area contributed by atoms with Crippen LogP contribution in [0.2, 0.25) is 0 Å². The zero-order chi connectivity index (χ0) is 17.3. The van der Waals surface area contributed by atoms with Crippen LogP contribution in [0.4, 0.5) is 5.69 Å². The predicted molar refractivity (Wildman–Crippen MR) is 97.2 cm³/mol. The molecule has 0 aliphatic rings. The number of fused-ring (bicyclic) bond motifs is 1. The Balaban J connectivity index is 2.18. The third-order valence-electron chi connectivity index (χ3n) is 3.11. The van der Waals surface area contributed by atoms with Crippen molar-refractivity contribution in [3.63, 3.8) is 0 Å². The van der Waals surface area contributed by atoms with Gasteiger partial charge in [0, 0.05) is 12.1 Å². The third-order valence-corrected chi connectivity index (χ3v) is 5.78. The largest absolute Gasteiger partial charge is 0.304 e. The molecule has 3 rings (SSSR count). The Kier molecular flexibility index (Phi) is 4.62. The molecule has 9 heteroatoms. The number of hydrogen-bond acceptors (Lipinski definition) is 5. The first kappa shape index (κ1) is 16.6. The Morgan fingerprint density at radius 3 is 2.79 bits per heavy atom. The minimum atomic E-state index is -0.470. The van der Waals surface area contributed by atoms with Gasteiger partial charge in [-0.2, -0.15) is 4.99 Å². The lowest BCUT2D eigenvalue weighted by atomic mass is 10.3. The molecule has 0 unspecified atom stereocenters. The first-order valence-corrected chi connectivity index (χ1v) is 8.98. The summed E-state index contributed by atoms with van der Waals surface area (Å²) in [5.41, 5.74) is 0.553. The van der Waals surface area contributed by atoms with Gasteiger partial charge in [0.05, 0.1) is 30.3 Å². The van der Waals surface area contributed by atoms with Crippen molar-refractivity contribution >= 4 is 60.4 Å². The van der Waals surface area contributed by atoms with Crippen LogP contribution in [0.3, 0.4) is 0 Å². The Morgan fingerprint density at radius 2 is 2.17 bits per heavy atom. The highest BCUT2D eigenvalue weighted by atomic mass is 79.9. The van der Waals surface area contributed by atoms with Gasteiger partial charge in [0.2, 0.25) is 0 Å². The van der Waals surface area contributed by atoms with Crippen LogP contribution in [0, 0.1) is 22.5 Å². The normalized spacial score (nSPS) is 11.6. The summed E-state index contributed by atoms with van der Waals surface area (Å²) in [6.07, 6.45) is 5.39. The van der Waals surface area contributed by atoms with Crippen LogP contribution in [0.1, 0.15) is 9.67 Å². The third kappa shape index (κ3) is 3.17. The number of nitro groups is 1. The number of hydrogen-bond donors (Lipinski definition) is 0. The van der Waals surface area contributed by atoms with Gasteiger partial charge in [0.1, 0.15) is 0 Å².